The van der Waals surface area contributed by atoms with E-state index >= 15 is 0 Å². The highest BCUT2D eigenvalue weighted by molar-refractivity contribution is 7.17. The highest BCUT2D eigenvalue weighted by atomic mass is 32.1. The fraction of sp³-hybridized carbons (Fsp3) is 0.227. The summed E-state index contributed by atoms with van der Waals surface area (Å²) in [5.74, 6) is 0.319. The lowest BCUT2D eigenvalue weighted by molar-refractivity contribution is -0.137. The summed E-state index contributed by atoms with van der Waals surface area (Å²) in [6.45, 7) is 1.79. The lowest BCUT2D eigenvalue weighted by Gasteiger charge is -2.06. The minimum Gasteiger partial charge on any atom is -0.461 e. The summed E-state index contributed by atoms with van der Waals surface area (Å²) < 4.78 is 48.7. The molecule has 3 heterocycles. The third-order valence-electron chi connectivity index (χ3n) is 4.60. The molecule has 0 unspecified atom stereocenters. The average Bonchev–Trinajstić information content (AvgIpc) is 3.44. The van der Waals surface area contributed by atoms with Crippen molar-refractivity contribution in [2.75, 3.05) is 6.61 Å². The number of rotatable bonds is 7. The van der Waals surface area contributed by atoms with Crippen LogP contribution in [0.5, 0.6) is 0 Å². The summed E-state index contributed by atoms with van der Waals surface area (Å²) in [5, 5.41) is 4.35. The normalized spacial score (nSPS) is 11.5. The highest BCUT2D eigenvalue weighted by Crippen LogP contribution is 2.33. The first-order chi connectivity index (χ1) is 15.8. The molecule has 170 valence electrons. The number of alkyl halides is 3. The number of esters is 1. The van der Waals surface area contributed by atoms with Gasteiger partial charge in [0.15, 0.2) is 0 Å². The van der Waals surface area contributed by atoms with E-state index in [0.29, 0.717) is 45.7 Å². The van der Waals surface area contributed by atoms with E-state index in [1.807, 2.05) is 6.07 Å². The Balaban J connectivity index is 1.31. The van der Waals surface area contributed by atoms with E-state index in [9.17, 15) is 18.0 Å². The van der Waals surface area contributed by atoms with Gasteiger partial charge in [0.25, 0.3) is 0 Å². The van der Waals surface area contributed by atoms with Crippen molar-refractivity contribution in [3.05, 3.63) is 70.8 Å². The molecule has 7 nitrogen and oxygen atoms in total. The van der Waals surface area contributed by atoms with Gasteiger partial charge in [0.2, 0.25) is 11.7 Å². The number of aromatic nitrogens is 4. The standard InChI is InChI=1S/C22H17F3N4O3S/c1-13-18(33-20(27-13)14-6-8-16(9-7-14)22(23,24)25)21(30)31-11-3-5-17-28-19(29-32-17)15-4-2-10-26-12-15/h2,4,6-10,12H,3,5,11H2,1H3. The summed E-state index contributed by atoms with van der Waals surface area (Å²) in [7, 11) is 0. The molecule has 0 aliphatic carbocycles. The number of hydrogen-bond donors (Lipinski definition) is 0. The lowest BCUT2D eigenvalue weighted by atomic mass is 10.1. The average molecular weight is 474 g/mol. The SMILES string of the molecule is Cc1nc(-c2ccc(C(F)(F)F)cc2)sc1C(=O)OCCCc1nc(-c2cccnc2)no1. The Morgan fingerprint density at radius 1 is 1.12 bits per heavy atom. The summed E-state index contributed by atoms with van der Waals surface area (Å²) in [6.07, 6.45) is -0.222. The molecule has 0 saturated heterocycles. The molecule has 0 spiro atoms. The molecule has 3 aromatic heterocycles. The van der Waals surface area contributed by atoms with Gasteiger partial charge >= 0.3 is 12.1 Å². The summed E-state index contributed by atoms with van der Waals surface area (Å²) in [4.78, 5) is 25.3. The van der Waals surface area contributed by atoms with Gasteiger partial charge in [-0.1, -0.05) is 17.3 Å². The molecule has 0 saturated carbocycles. The molecule has 1 aromatic carbocycles. The van der Waals surface area contributed by atoms with E-state index in [1.54, 1.807) is 25.4 Å². The number of nitrogens with zero attached hydrogens (tertiary/aromatic N) is 4. The molecule has 33 heavy (non-hydrogen) atoms. The van der Waals surface area contributed by atoms with Crippen LogP contribution in [0.15, 0.2) is 53.3 Å². The number of carbonyl (C=O) groups excluding carboxylic acids is 1. The van der Waals surface area contributed by atoms with Gasteiger partial charge in [-0.25, -0.2) is 9.78 Å². The molecule has 4 aromatic rings. The van der Waals surface area contributed by atoms with E-state index in [-0.39, 0.29) is 6.61 Å². The van der Waals surface area contributed by atoms with Crippen LogP contribution in [0.4, 0.5) is 13.2 Å². The van der Waals surface area contributed by atoms with E-state index in [0.717, 1.165) is 29.0 Å². The van der Waals surface area contributed by atoms with Gasteiger partial charge in [-0.05, 0) is 37.6 Å². The maximum Gasteiger partial charge on any atom is 0.416 e. The Labute approximate surface area is 190 Å². The van der Waals surface area contributed by atoms with Crippen molar-refractivity contribution in [2.45, 2.75) is 25.9 Å². The van der Waals surface area contributed by atoms with Gasteiger partial charge in [-0.3, -0.25) is 4.98 Å². The topological polar surface area (TPSA) is 91.0 Å². The molecular weight excluding hydrogens is 457 g/mol. The molecule has 11 heteroatoms. The predicted octanol–water partition coefficient (Wildman–Crippen LogP) is 5.37. The maximum atomic E-state index is 12.7. The highest BCUT2D eigenvalue weighted by Gasteiger charge is 2.30. The van der Waals surface area contributed by atoms with E-state index in [1.165, 1.54) is 12.1 Å². The fourth-order valence-electron chi connectivity index (χ4n) is 2.93. The van der Waals surface area contributed by atoms with Crippen LogP contribution < -0.4 is 0 Å². The Kier molecular flexibility index (Phi) is 6.50. The Morgan fingerprint density at radius 2 is 1.91 bits per heavy atom. The maximum absolute atomic E-state index is 12.7. The van der Waals surface area contributed by atoms with E-state index in [2.05, 4.69) is 20.1 Å². The van der Waals surface area contributed by atoms with Crippen LogP contribution in [0.3, 0.4) is 0 Å². The quantitative estimate of drug-likeness (QED) is 0.263. The van der Waals surface area contributed by atoms with Crippen LogP contribution in [-0.4, -0.2) is 32.7 Å². The van der Waals surface area contributed by atoms with Crippen molar-refractivity contribution in [1.82, 2.24) is 20.1 Å². The van der Waals surface area contributed by atoms with Crippen LogP contribution in [-0.2, 0) is 17.3 Å². The third-order valence-corrected chi connectivity index (χ3v) is 5.78. The van der Waals surface area contributed by atoms with E-state index in [4.69, 9.17) is 9.26 Å². The first-order valence-corrected chi connectivity index (χ1v) is 10.7. The Morgan fingerprint density at radius 3 is 2.61 bits per heavy atom. The number of thiazole rings is 1. The minimum absolute atomic E-state index is 0.135. The molecule has 0 fully saturated rings. The van der Waals surface area contributed by atoms with Gasteiger partial charge in [0, 0.05) is 29.9 Å². The predicted molar refractivity (Wildman–Crippen MR) is 113 cm³/mol. The van der Waals surface area contributed by atoms with Crippen molar-refractivity contribution in [1.29, 1.82) is 0 Å². The molecule has 0 bridgehead atoms. The molecular formula is C22H17F3N4O3S. The first kappa shape index (κ1) is 22.6. The smallest absolute Gasteiger partial charge is 0.416 e. The number of aryl methyl sites for hydroxylation is 2. The largest absolute Gasteiger partial charge is 0.461 e. The number of benzene rings is 1. The molecule has 0 radical (unpaired) electrons. The van der Waals surface area contributed by atoms with Crippen molar-refractivity contribution in [3.8, 4) is 22.0 Å². The monoisotopic (exact) mass is 474 g/mol. The first-order valence-electron chi connectivity index (χ1n) is 9.86. The number of ether oxygens (including phenoxy) is 1. The third kappa shape index (κ3) is 5.43. The lowest BCUT2D eigenvalue weighted by Crippen LogP contribution is -2.07. The molecule has 0 amide bonds. The second-order valence-electron chi connectivity index (χ2n) is 7.00. The summed E-state index contributed by atoms with van der Waals surface area (Å²) >= 11 is 1.08. The Bertz CT molecular complexity index is 1240. The van der Waals surface area contributed by atoms with Crippen LogP contribution in [0, 0.1) is 6.92 Å². The van der Waals surface area contributed by atoms with Crippen LogP contribution in [0.1, 0.15) is 33.2 Å². The van der Waals surface area contributed by atoms with Crippen LogP contribution in [0.2, 0.25) is 0 Å². The molecule has 0 aliphatic rings. The second kappa shape index (κ2) is 9.49. The second-order valence-corrected chi connectivity index (χ2v) is 8.00. The number of pyridine rings is 1. The summed E-state index contributed by atoms with van der Waals surface area (Å²) in [5.41, 5.74) is 0.949. The molecule has 0 atom stereocenters. The minimum atomic E-state index is -4.41. The summed E-state index contributed by atoms with van der Waals surface area (Å²) in [6, 6.07) is 8.23. The van der Waals surface area contributed by atoms with Gasteiger partial charge in [-0.2, -0.15) is 18.2 Å². The van der Waals surface area contributed by atoms with Gasteiger partial charge in [-0.15, -0.1) is 11.3 Å². The van der Waals surface area contributed by atoms with Crippen molar-refractivity contribution in [2.24, 2.45) is 0 Å². The van der Waals surface area contributed by atoms with E-state index < -0.39 is 17.7 Å². The van der Waals surface area contributed by atoms with Crippen molar-refractivity contribution >= 4 is 17.3 Å². The zero-order chi connectivity index (χ0) is 23.4. The zero-order valence-corrected chi connectivity index (χ0v) is 18.1. The zero-order valence-electron chi connectivity index (χ0n) is 17.3. The number of carbonyl (C=O) groups is 1. The van der Waals surface area contributed by atoms with Gasteiger partial charge < -0.3 is 9.26 Å². The van der Waals surface area contributed by atoms with Crippen molar-refractivity contribution < 1.29 is 27.2 Å². The van der Waals surface area contributed by atoms with Gasteiger partial charge in [0.1, 0.15) is 9.88 Å². The molecule has 4 rings (SSSR count). The van der Waals surface area contributed by atoms with Crippen molar-refractivity contribution in [3.63, 3.8) is 0 Å². The van der Waals surface area contributed by atoms with Gasteiger partial charge in [0.05, 0.1) is 17.9 Å². The number of halogens is 3. The molecule has 0 N–H and O–H groups in total. The number of hydrogen-bond acceptors (Lipinski definition) is 8. The van der Waals surface area contributed by atoms with Crippen LogP contribution >= 0.6 is 11.3 Å². The molecule has 0 aliphatic heterocycles. The Hall–Kier alpha value is -3.60. The van der Waals surface area contributed by atoms with Crippen LogP contribution in [0.25, 0.3) is 22.0 Å². The fourth-order valence-corrected chi connectivity index (χ4v) is 3.90.